The van der Waals surface area contributed by atoms with Gasteiger partial charge < -0.3 is 4.90 Å². The molecule has 76 valence electrons. The van der Waals surface area contributed by atoms with Crippen LogP contribution in [0.2, 0.25) is 0 Å². The van der Waals surface area contributed by atoms with Crippen molar-refractivity contribution in [3.05, 3.63) is 23.9 Å². The van der Waals surface area contributed by atoms with Gasteiger partial charge in [-0.25, -0.2) is 0 Å². The molecule has 0 N–H and O–H groups in total. The number of carbonyl (C=O) groups is 2. The third kappa shape index (κ3) is 2.55. The third-order valence-corrected chi connectivity index (χ3v) is 2.19. The number of hydrogen-bond acceptors (Lipinski definition) is 3. The second-order valence-corrected chi connectivity index (χ2v) is 3.40. The lowest BCUT2D eigenvalue weighted by atomic mass is 10.1. The Hall–Kier alpha value is -1.38. The number of rotatable bonds is 4. The summed E-state index contributed by atoms with van der Waals surface area (Å²) >= 11 is 0. The lowest BCUT2D eigenvalue weighted by Gasteiger charge is -2.21. The zero-order chi connectivity index (χ0) is 10.6. The molecule has 0 amide bonds. The third-order valence-electron chi connectivity index (χ3n) is 2.19. The highest BCUT2D eigenvalue weighted by atomic mass is 16.1. The summed E-state index contributed by atoms with van der Waals surface area (Å²) in [6, 6.07) is 0. The summed E-state index contributed by atoms with van der Waals surface area (Å²) in [5, 5.41) is 0. The van der Waals surface area contributed by atoms with E-state index in [0.717, 1.165) is 19.4 Å². The SMILES string of the molecule is CCCCN(C)C1=CC(=O)C=CC1=O. The smallest absolute Gasteiger partial charge is 0.202 e. The van der Waals surface area contributed by atoms with Gasteiger partial charge in [-0.15, -0.1) is 0 Å². The molecule has 1 rings (SSSR count). The second kappa shape index (κ2) is 4.74. The van der Waals surface area contributed by atoms with Crippen LogP contribution < -0.4 is 0 Å². The first-order valence-electron chi connectivity index (χ1n) is 4.84. The Morgan fingerprint density at radius 1 is 1.29 bits per heavy atom. The van der Waals surface area contributed by atoms with E-state index in [1.54, 1.807) is 0 Å². The van der Waals surface area contributed by atoms with Crippen molar-refractivity contribution in [1.82, 2.24) is 4.90 Å². The standard InChI is InChI=1S/C11H15NO2/c1-3-4-7-12(2)10-8-9(13)5-6-11(10)14/h5-6,8H,3-4,7H2,1-2H3. The van der Waals surface area contributed by atoms with Crippen LogP contribution in [0.5, 0.6) is 0 Å². The van der Waals surface area contributed by atoms with Gasteiger partial charge in [-0.3, -0.25) is 9.59 Å². The van der Waals surface area contributed by atoms with Crippen molar-refractivity contribution >= 4 is 11.6 Å². The molecule has 3 nitrogen and oxygen atoms in total. The molecule has 0 aromatic carbocycles. The van der Waals surface area contributed by atoms with E-state index in [2.05, 4.69) is 6.92 Å². The molecule has 0 spiro atoms. The lowest BCUT2D eigenvalue weighted by molar-refractivity contribution is -0.115. The number of likely N-dealkylation sites (N-methyl/N-ethyl adjacent to an activating group) is 1. The summed E-state index contributed by atoms with van der Waals surface area (Å²) in [5.41, 5.74) is 0.506. The van der Waals surface area contributed by atoms with Crippen LogP contribution in [0.15, 0.2) is 23.9 Å². The number of allylic oxidation sites excluding steroid dienone is 3. The molecule has 0 aromatic rings. The van der Waals surface area contributed by atoms with Gasteiger partial charge in [-0.1, -0.05) is 13.3 Å². The molecular formula is C11H15NO2. The van der Waals surface area contributed by atoms with Crippen molar-refractivity contribution < 1.29 is 9.59 Å². The van der Waals surface area contributed by atoms with Gasteiger partial charge in [-0.2, -0.15) is 0 Å². The van der Waals surface area contributed by atoms with Crippen molar-refractivity contribution in [2.24, 2.45) is 0 Å². The van der Waals surface area contributed by atoms with E-state index in [-0.39, 0.29) is 11.6 Å². The van der Waals surface area contributed by atoms with Gasteiger partial charge in [0.2, 0.25) is 5.78 Å². The van der Waals surface area contributed by atoms with Crippen molar-refractivity contribution in [3.8, 4) is 0 Å². The highest BCUT2D eigenvalue weighted by Crippen LogP contribution is 2.10. The lowest BCUT2D eigenvalue weighted by Crippen LogP contribution is -2.26. The van der Waals surface area contributed by atoms with Crippen molar-refractivity contribution in [3.63, 3.8) is 0 Å². The minimum Gasteiger partial charge on any atom is -0.371 e. The van der Waals surface area contributed by atoms with Gasteiger partial charge in [0.1, 0.15) is 0 Å². The molecule has 0 saturated carbocycles. The first kappa shape index (κ1) is 10.7. The summed E-state index contributed by atoms with van der Waals surface area (Å²) in [4.78, 5) is 24.3. The zero-order valence-electron chi connectivity index (χ0n) is 8.62. The molecule has 0 heterocycles. The highest BCUT2D eigenvalue weighted by Gasteiger charge is 2.16. The molecule has 1 aliphatic carbocycles. The van der Waals surface area contributed by atoms with Crippen LogP contribution in [0, 0.1) is 0 Å². The van der Waals surface area contributed by atoms with E-state index >= 15 is 0 Å². The van der Waals surface area contributed by atoms with Crippen molar-refractivity contribution in [2.75, 3.05) is 13.6 Å². The minimum absolute atomic E-state index is 0.0804. The van der Waals surface area contributed by atoms with E-state index in [4.69, 9.17) is 0 Å². The monoisotopic (exact) mass is 193 g/mol. The maximum absolute atomic E-state index is 11.4. The van der Waals surface area contributed by atoms with Crippen LogP contribution in [-0.2, 0) is 9.59 Å². The Labute approximate surface area is 84.1 Å². The summed E-state index contributed by atoms with van der Waals surface area (Å²) < 4.78 is 0. The molecule has 1 aliphatic rings. The van der Waals surface area contributed by atoms with E-state index in [1.165, 1.54) is 18.2 Å². The molecule has 0 saturated heterocycles. The largest absolute Gasteiger partial charge is 0.371 e. The molecule has 0 aliphatic heterocycles. The molecule has 0 bridgehead atoms. The van der Waals surface area contributed by atoms with E-state index in [0.29, 0.717) is 5.70 Å². The van der Waals surface area contributed by atoms with E-state index in [9.17, 15) is 9.59 Å². The molecule has 0 aromatic heterocycles. The predicted octanol–water partition coefficient (Wildman–Crippen LogP) is 1.31. The number of ketones is 2. The Balaban J connectivity index is 2.66. The average Bonchev–Trinajstić information content (AvgIpc) is 2.18. The van der Waals surface area contributed by atoms with Gasteiger partial charge in [0, 0.05) is 19.7 Å². The molecule has 0 fully saturated rings. The maximum Gasteiger partial charge on any atom is 0.202 e. The fraction of sp³-hybridized carbons (Fsp3) is 0.455. The van der Waals surface area contributed by atoms with Gasteiger partial charge in [-0.05, 0) is 18.6 Å². The zero-order valence-corrected chi connectivity index (χ0v) is 8.62. The average molecular weight is 193 g/mol. The van der Waals surface area contributed by atoms with Crippen LogP contribution >= 0.6 is 0 Å². The second-order valence-electron chi connectivity index (χ2n) is 3.40. The molecule has 0 unspecified atom stereocenters. The molecule has 14 heavy (non-hydrogen) atoms. The van der Waals surface area contributed by atoms with Crippen LogP contribution in [0.4, 0.5) is 0 Å². The maximum atomic E-state index is 11.4. The van der Waals surface area contributed by atoms with Crippen LogP contribution in [0.3, 0.4) is 0 Å². The van der Waals surface area contributed by atoms with Gasteiger partial charge >= 0.3 is 0 Å². The highest BCUT2D eigenvalue weighted by molar-refractivity contribution is 6.16. The number of nitrogens with zero attached hydrogens (tertiary/aromatic N) is 1. The van der Waals surface area contributed by atoms with Gasteiger partial charge in [0.05, 0.1) is 5.70 Å². The fourth-order valence-corrected chi connectivity index (χ4v) is 1.31. The van der Waals surface area contributed by atoms with Gasteiger partial charge in [0.25, 0.3) is 0 Å². The first-order valence-corrected chi connectivity index (χ1v) is 4.84. The van der Waals surface area contributed by atoms with Gasteiger partial charge in [0.15, 0.2) is 5.78 Å². The topological polar surface area (TPSA) is 37.4 Å². The summed E-state index contributed by atoms with van der Waals surface area (Å²) in [6.45, 7) is 2.91. The minimum atomic E-state index is -0.108. The molecule has 0 radical (unpaired) electrons. The van der Waals surface area contributed by atoms with Crippen LogP contribution in [0.25, 0.3) is 0 Å². The summed E-state index contributed by atoms with van der Waals surface area (Å²) in [5.74, 6) is -0.189. The Morgan fingerprint density at radius 3 is 2.64 bits per heavy atom. The van der Waals surface area contributed by atoms with Crippen LogP contribution in [0.1, 0.15) is 19.8 Å². The predicted molar refractivity (Wildman–Crippen MR) is 54.8 cm³/mol. The normalized spacial score (nSPS) is 15.7. The first-order chi connectivity index (χ1) is 6.65. The van der Waals surface area contributed by atoms with E-state index < -0.39 is 0 Å². The fourth-order valence-electron chi connectivity index (χ4n) is 1.31. The summed E-state index contributed by atoms with van der Waals surface area (Å²) in [6.07, 6.45) is 6.15. The van der Waals surface area contributed by atoms with Crippen molar-refractivity contribution in [1.29, 1.82) is 0 Å². The molecule has 0 atom stereocenters. The van der Waals surface area contributed by atoms with Crippen LogP contribution in [-0.4, -0.2) is 30.1 Å². The molecule has 3 heteroatoms. The number of hydrogen-bond donors (Lipinski definition) is 0. The van der Waals surface area contributed by atoms with Crippen molar-refractivity contribution in [2.45, 2.75) is 19.8 Å². The molecular weight excluding hydrogens is 178 g/mol. The Bertz CT molecular complexity index is 302. The van der Waals surface area contributed by atoms with E-state index in [1.807, 2.05) is 11.9 Å². The summed E-state index contributed by atoms with van der Waals surface area (Å²) in [7, 11) is 1.84. The number of carbonyl (C=O) groups excluding carboxylic acids is 2. The number of unbranched alkanes of at least 4 members (excludes halogenated alkanes) is 1. The Morgan fingerprint density at radius 2 is 2.00 bits per heavy atom. The Kier molecular flexibility index (Phi) is 3.63. The quantitative estimate of drug-likeness (QED) is 0.632.